The number of nitrogens with zero attached hydrogens (tertiary/aromatic N) is 1. The lowest BCUT2D eigenvalue weighted by atomic mass is 10.1. The maximum absolute atomic E-state index is 12.9. The number of furan rings is 1. The summed E-state index contributed by atoms with van der Waals surface area (Å²) in [4.78, 5) is 12.2. The fraction of sp³-hybridized carbons (Fsp3) is 0.188. The Balaban J connectivity index is 2.12. The summed E-state index contributed by atoms with van der Waals surface area (Å²) in [5.41, 5.74) is 0.904. The molecule has 120 valence electrons. The Bertz CT molecular complexity index is 837. The van der Waals surface area contributed by atoms with Crippen molar-refractivity contribution in [3.63, 3.8) is 0 Å². The van der Waals surface area contributed by atoms with Crippen LogP contribution in [-0.4, -0.2) is 29.8 Å². The van der Waals surface area contributed by atoms with Crippen molar-refractivity contribution in [2.75, 3.05) is 0 Å². The van der Waals surface area contributed by atoms with Gasteiger partial charge in [0.25, 0.3) is 0 Å². The molecule has 0 aliphatic carbocycles. The van der Waals surface area contributed by atoms with Gasteiger partial charge in [-0.3, -0.25) is 4.79 Å². The summed E-state index contributed by atoms with van der Waals surface area (Å²) < 4.78 is 31.8. The van der Waals surface area contributed by atoms with E-state index in [1.807, 2.05) is 6.92 Å². The molecule has 1 aliphatic rings. The average molecular weight is 333 g/mol. The van der Waals surface area contributed by atoms with Crippen molar-refractivity contribution in [2.24, 2.45) is 0 Å². The number of carbonyl (C=O) groups excluding carboxylic acids is 1. The van der Waals surface area contributed by atoms with Gasteiger partial charge in [0.05, 0.1) is 11.2 Å². The minimum absolute atomic E-state index is 0.00167. The summed E-state index contributed by atoms with van der Waals surface area (Å²) in [6, 6.07) is 8.04. The molecule has 0 bridgehead atoms. The van der Waals surface area contributed by atoms with E-state index in [2.05, 4.69) is 0 Å². The van der Waals surface area contributed by atoms with Crippen LogP contribution in [0.15, 0.2) is 64.1 Å². The van der Waals surface area contributed by atoms with Crippen molar-refractivity contribution in [1.82, 2.24) is 4.31 Å². The summed E-state index contributed by atoms with van der Waals surface area (Å²) in [7, 11) is -4.08. The molecule has 3 rings (SSSR count). The second kappa shape index (κ2) is 5.77. The molecule has 0 amide bonds. The van der Waals surface area contributed by atoms with Crippen LogP contribution in [0.3, 0.4) is 0 Å². The van der Waals surface area contributed by atoms with Crippen LogP contribution in [0.2, 0.25) is 0 Å². The van der Waals surface area contributed by atoms with E-state index >= 15 is 0 Å². The quantitative estimate of drug-likeness (QED) is 0.925. The Kier molecular flexibility index (Phi) is 3.93. The van der Waals surface area contributed by atoms with Crippen LogP contribution in [0.1, 0.15) is 17.4 Å². The summed E-state index contributed by atoms with van der Waals surface area (Å²) in [6.07, 6.45) is 2.21. The number of aliphatic hydroxyl groups is 1. The summed E-state index contributed by atoms with van der Waals surface area (Å²) >= 11 is 0. The Labute approximate surface area is 133 Å². The molecule has 1 aliphatic heterocycles. The minimum Gasteiger partial charge on any atom is -0.467 e. The van der Waals surface area contributed by atoms with Crippen molar-refractivity contribution in [3.8, 4) is 0 Å². The van der Waals surface area contributed by atoms with Gasteiger partial charge in [0.1, 0.15) is 18.0 Å². The number of rotatable bonds is 3. The predicted octanol–water partition coefficient (Wildman–Crippen LogP) is 1.78. The molecule has 0 saturated carbocycles. The first-order chi connectivity index (χ1) is 10.9. The zero-order valence-corrected chi connectivity index (χ0v) is 13.1. The fourth-order valence-corrected chi connectivity index (χ4v) is 4.02. The number of hydrogen-bond donors (Lipinski definition) is 1. The third kappa shape index (κ3) is 2.74. The molecule has 0 fully saturated rings. The second-order valence-electron chi connectivity index (χ2n) is 5.24. The highest BCUT2D eigenvalue weighted by atomic mass is 32.2. The fourth-order valence-electron chi connectivity index (χ4n) is 2.46. The minimum atomic E-state index is -4.08. The standard InChI is InChI=1S/C16H15NO5S/c1-11-4-6-12(7-5-11)23(20,21)17-15(19)9-8-13(18)16(17)14-3-2-10-22-14/h2-10,15-16,19H,1H3/t15-,16-/m0/s1. The largest absolute Gasteiger partial charge is 0.467 e. The number of carbonyl (C=O) groups is 1. The van der Waals surface area contributed by atoms with Crippen LogP contribution >= 0.6 is 0 Å². The maximum Gasteiger partial charge on any atom is 0.246 e. The number of benzene rings is 1. The van der Waals surface area contributed by atoms with Crippen LogP contribution in [0.5, 0.6) is 0 Å². The van der Waals surface area contributed by atoms with Gasteiger partial charge < -0.3 is 9.52 Å². The molecule has 7 heteroatoms. The van der Waals surface area contributed by atoms with E-state index in [4.69, 9.17) is 4.42 Å². The molecule has 2 atom stereocenters. The molecule has 23 heavy (non-hydrogen) atoms. The van der Waals surface area contributed by atoms with Gasteiger partial charge in [-0.05, 0) is 43.3 Å². The van der Waals surface area contributed by atoms with E-state index in [0.29, 0.717) is 0 Å². The van der Waals surface area contributed by atoms with Gasteiger partial charge in [-0.25, -0.2) is 8.42 Å². The number of aliphatic hydroxyl groups excluding tert-OH is 1. The van der Waals surface area contributed by atoms with Crippen molar-refractivity contribution in [1.29, 1.82) is 0 Å². The first-order valence-corrected chi connectivity index (χ1v) is 8.39. The number of aryl methyl sites for hydroxylation is 1. The lowest BCUT2D eigenvalue weighted by Gasteiger charge is -2.33. The van der Waals surface area contributed by atoms with Crippen LogP contribution in [0.25, 0.3) is 0 Å². The normalized spacial score (nSPS) is 22.4. The van der Waals surface area contributed by atoms with E-state index in [1.54, 1.807) is 18.2 Å². The highest BCUT2D eigenvalue weighted by Crippen LogP contribution is 2.33. The lowest BCUT2D eigenvalue weighted by Crippen LogP contribution is -2.46. The van der Waals surface area contributed by atoms with Gasteiger partial charge in [0.15, 0.2) is 5.78 Å². The van der Waals surface area contributed by atoms with E-state index in [-0.39, 0.29) is 10.7 Å². The Morgan fingerprint density at radius 3 is 2.48 bits per heavy atom. The smallest absolute Gasteiger partial charge is 0.246 e. The van der Waals surface area contributed by atoms with E-state index in [1.165, 1.54) is 30.5 Å². The molecule has 1 aromatic heterocycles. The van der Waals surface area contributed by atoms with Gasteiger partial charge in [-0.2, -0.15) is 0 Å². The highest BCUT2D eigenvalue weighted by molar-refractivity contribution is 7.89. The van der Waals surface area contributed by atoms with Crippen LogP contribution in [0, 0.1) is 6.92 Å². The van der Waals surface area contributed by atoms with Gasteiger partial charge in [0, 0.05) is 0 Å². The van der Waals surface area contributed by atoms with Gasteiger partial charge >= 0.3 is 0 Å². The lowest BCUT2D eigenvalue weighted by molar-refractivity contribution is -0.122. The molecule has 2 heterocycles. The SMILES string of the molecule is Cc1ccc(S(=O)(=O)N2[C@@H](O)C=CC(=O)[C@H]2c2ccco2)cc1. The molecular weight excluding hydrogens is 318 g/mol. The number of hydrogen-bond acceptors (Lipinski definition) is 5. The van der Waals surface area contributed by atoms with Crippen LogP contribution in [0.4, 0.5) is 0 Å². The van der Waals surface area contributed by atoms with Crippen molar-refractivity contribution in [2.45, 2.75) is 24.1 Å². The Hall–Kier alpha value is -2.22. The van der Waals surface area contributed by atoms with Gasteiger partial charge in [0.2, 0.25) is 10.0 Å². The van der Waals surface area contributed by atoms with Crippen LogP contribution in [-0.2, 0) is 14.8 Å². The highest BCUT2D eigenvalue weighted by Gasteiger charge is 2.43. The molecule has 6 nitrogen and oxygen atoms in total. The zero-order valence-electron chi connectivity index (χ0n) is 12.3. The summed E-state index contributed by atoms with van der Waals surface area (Å²) in [6.45, 7) is 1.84. The third-order valence-corrected chi connectivity index (χ3v) is 5.48. The van der Waals surface area contributed by atoms with E-state index in [9.17, 15) is 18.3 Å². The van der Waals surface area contributed by atoms with Crippen molar-refractivity contribution >= 4 is 15.8 Å². The molecule has 1 aromatic carbocycles. The Morgan fingerprint density at radius 2 is 1.87 bits per heavy atom. The molecular formula is C16H15NO5S. The average Bonchev–Trinajstić information content (AvgIpc) is 3.03. The third-order valence-electron chi connectivity index (χ3n) is 3.63. The van der Waals surface area contributed by atoms with E-state index in [0.717, 1.165) is 15.9 Å². The molecule has 0 saturated heterocycles. The first kappa shape index (κ1) is 15.7. The summed E-state index contributed by atoms with van der Waals surface area (Å²) in [5, 5.41) is 10.2. The summed E-state index contributed by atoms with van der Waals surface area (Å²) in [5.74, 6) is -0.310. The molecule has 0 radical (unpaired) electrons. The second-order valence-corrected chi connectivity index (χ2v) is 7.08. The van der Waals surface area contributed by atoms with Crippen LogP contribution < -0.4 is 0 Å². The number of sulfonamides is 1. The molecule has 1 N–H and O–H groups in total. The monoisotopic (exact) mass is 333 g/mol. The molecule has 0 spiro atoms. The first-order valence-electron chi connectivity index (χ1n) is 6.95. The number of ketones is 1. The topological polar surface area (TPSA) is 87.8 Å². The predicted molar refractivity (Wildman–Crippen MR) is 81.8 cm³/mol. The maximum atomic E-state index is 12.9. The van der Waals surface area contributed by atoms with Gasteiger partial charge in [-0.15, -0.1) is 4.31 Å². The van der Waals surface area contributed by atoms with E-state index < -0.39 is 28.1 Å². The van der Waals surface area contributed by atoms with Crippen molar-refractivity contribution < 1.29 is 22.7 Å². The molecule has 0 unspecified atom stereocenters. The van der Waals surface area contributed by atoms with Gasteiger partial charge in [-0.1, -0.05) is 17.7 Å². The molecule has 2 aromatic rings. The Morgan fingerprint density at radius 1 is 1.17 bits per heavy atom. The van der Waals surface area contributed by atoms with Crippen molar-refractivity contribution in [3.05, 3.63) is 66.1 Å². The zero-order chi connectivity index (χ0) is 16.6.